The quantitative estimate of drug-likeness (QED) is 0.674. The number of aliphatic carboxylic acids is 1. The number of rotatable bonds is 3. The fourth-order valence-electron chi connectivity index (χ4n) is 0.601. The lowest BCUT2D eigenvalue weighted by Gasteiger charge is -2.24. The summed E-state index contributed by atoms with van der Waals surface area (Å²) in [7, 11) is 0. The molecule has 0 saturated carbocycles. The molecule has 1 atom stereocenters. The molecular formula is C5H6F5NO2. The van der Waals surface area contributed by atoms with Crippen molar-refractivity contribution in [1.82, 2.24) is 0 Å². The number of carbonyl (C=O) groups is 1. The summed E-state index contributed by atoms with van der Waals surface area (Å²) in [5.74, 6) is -10.5. The average Bonchev–Trinajstić information content (AvgIpc) is 1.83. The van der Waals surface area contributed by atoms with E-state index in [0.717, 1.165) is 0 Å². The molecule has 13 heavy (non-hydrogen) atoms. The molecule has 0 aliphatic rings. The van der Waals surface area contributed by atoms with Gasteiger partial charge >= 0.3 is 18.1 Å². The Kier molecular flexibility index (Phi) is 3.20. The van der Waals surface area contributed by atoms with Crippen molar-refractivity contribution >= 4 is 5.97 Å². The fourth-order valence-corrected chi connectivity index (χ4v) is 0.601. The van der Waals surface area contributed by atoms with Crippen LogP contribution >= 0.6 is 0 Å². The van der Waals surface area contributed by atoms with Gasteiger partial charge in [0.1, 0.15) is 5.92 Å². The molecule has 0 rings (SSSR count). The number of halogens is 5. The zero-order valence-electron chi connectivity index (χ0n) is 6.11. The largest absolute Gasteiger partial charge is 0.481 e. The number of carboxylic acids is 1. The number of hydrogen-bond acceptors (Lipinski definition) is 2. The molecule has 0 bridgehead atoms. The average molecular weight is 207 g/mol. The van der Waals surface area contributed by atoms with Gasteiger partial charge in [0.2, 0.25) is 0 Å². The van der Waals surface area contributed by atoms with E-state index in [2.05, 4.69) is 5.73 Å². The molecule has 8 heteroatoms. The maximum absolute atomic E-state index is 12.3. The Morgan fingerprint density at radius 3 is 1.77 bits per heavy atom. The van der Waals surface area contributed by atoms with Gasteiger partial charge in [0.15, 0.2) is 0 Å². The smallest absolute Gasteiger partial charge is 0.454 e. The Morgan fingerprint density at radius 2 is 1.69 bits per heavy atom. The highest BCUT2D eigenvalue weighted by atomic mass is 19.4. The van der Waals surface area contributed by atoms with Crippen molar-refractivity contribution < 1.29 is 31.9 Å². The van der Waals surface area contributed by atoms with Crippen LogP contribution in [0.1, 0.15) is 0 Å². The molecule has 0 aromatic carbocycles. The summed E-state index contributed by atoms with van der Waals surface area (Å²) in [4.78, 5) is 9.96. The summed E-state index contributed by atoms with van der Waals surface area (Å²) in [6, 6.07) is 0. The molecule has 3 N–H and O–H groups in total. The van der Waals surface area contributed by atoms with E-state index in [1.807, 2.05) is 0 Å². The minimum Gasteiger partial charge on any atom is -0.481 e. The van der Waals surface area contributed by atoms with E-state index in [1.54, 1.807) is 0 Å². The first-order chi connectivity index (χ1) is 5.64. The van der Waals surface area contributed by atoms with Gasteiger partial charge in [0, 0.05) is 6.54 Å². The molecule has 0 aromatic rings. The van der Waals surface area contributed by atoms with E-state index in [9.17, 15) is 26.7 Å². The van der Waals surface area contributed by atoms with E-state index >= 15 is 0 Å². The first-order valence-electron chi connectivity index (χ1n) is 3.02. The second kappa shape index (κ2) is 3.44. The highest BCUT2D eigenvalue weighted by Gasteiger charge is 2.64. The lowest BCUT2D eigenvalue weighted by Crippen LogP contribution is -2.49. The van der Waals surface area contributed by atoms with E-state index in [-0.39, 0.29) is 0 Å². The standard InChI is InChI=1S/C5H6F5NO2/c6-4(7,5(8,9)10)2(1-11)3(12)13/h2H,1,11H2,(H,12,13). The van der Waals surface area contributed by atoms with Crippen LogP contribution in [0.2, 0.25) is 0 Å². The Hall–Kier alpha value is -0.920. The van der Waals surface area contributed by atoms with Gasteiger partial charge in [0.25, 0.3) is 0 Å². The maximum atomic E-state index is 12.3. The van der Waals surface area contributed by atoms with E-state index in [1.165, 1.54) is 0 Å². The summed E-state index contributed by atoms with van der Waals surface area (Å²) in [5, 5.41) is 8.01. The molecule has 0 aliphatic heterocycles. The molecule has 0 fully saturated rings. The molecule has 1 unspecified atom stereocenters. The molecule has 0 aromatic heterocycles. The van der Waals surface area contributed by atoms with Gasteiger partial charge in [-0.05, 0) is 0 Å². The van der Waals surface area contributed by atoms with Gasteiger partial charge in [-0.3, -0.25) is 4.79 Å². The Bertz CT molecular complexity index is 202. The van der Waals surface area contributed by atoms with Crippen LogP contribution < -0.4 is 5.73 Å². The summed E-state index contributed by atoms with van der Waals surface area (Å²) in [6.45, 7) is -1.28. The second-order valence-electron chi connectivity index (χ2n) is 2.25. The molecule has 78 valence electrons. The fraction of sp³-hybridized carbons (Fsp3) is 0.800. The highest BCUT2D eigenvalue weighted by molar-refractivity contribution is 5.71. The number of alkyl halides is 5. The molecule has 0 spiro atoms. The van der Waals surface area contributed by atoms with Gasteiger partial charge in [-0.25, -0.2) is 0 Å². The molecule has 0 radical (unpaired) electrons. The predicted molar refractivity (Wildman–Crippen MR) is 31.2 cm³/mol. The van der Waals surface area contributed by atoms with Crippen LogP contribution in [-0.2, 0) is 4.79 Å². The van der Waals surface area contributed by atoms with E-state index in [4.69, 9.17) is 5.11 Å². The number of carboxylic acid groups (broad SMARTS) is 1. The van der Waals surface area contributed by atoms with Crippen LogP contribution in [0.15, 0.2) is 0 Å². The van der Waals surface area contributed by atoms with Crippen molar-refractivity contribution in [3.63, 3.8) is 0 Å². The minimum atomic E-state index is -5.89. The van der Waals surface area contributed by atoms with Crippen LogP contribution in [0.5, 0.6) is 0 Å². The first-order valence-corrected chi connectivity index (χ1v) is 3.02. The third-order valence-electron chi connectivity index (χ3n) is 1.35. The molecular weight excluding hydrogens is 201 g/mol. The van der Waals surface area contributed by atoms with Crippen LogP contribution in [0.3, 0.4) is 0 Å². The molecule has 0 heterocycles. The molecule has 0 amide bonds. The first kappa shape index (κ1) is 12.1. The third kappa shape index (κ3) is 2.27. The Morgan fingerprint density at radius 1 is 1.31 bits per heavy atom. The van der Waals surface area contributed by atoms with E-state index < -0.39 is 30.5 Å². The van der Waals surface area contributed by atoms with Crippen molar-refractivity contribution in [3.8, 4) is 0 Å². The molecule has 3 nitrogen and oxygen atoms in total. The van der Waals surface area contributed by atoms with Crippen molar-refractivity contribution in [2.45, 2.75) is 12.1 Å². The van der Waals surface area contributed by atoms with Crippen LogP contribution in [0, 0.1) is 5.92 Å². The molecule has 0 saturated heterocycles. The zero-order chi connectivity index (χ0) is 10.9. The third-order valence-corrected chi connectivity index (χ3v) is 1.35. The van der Waals surface area contributed by atoms with Gasteiger partial charge < -0.3 is 10.8 Å². The van der Waals surface area contributed by atoms with Crippen LogP contribution in [0.25, 0.3) is 0 Å². The maximum Gasteiger partial charge on any atom is 0.454 e. The van der Waals surface area contributed by atoms with Crippen molar-refractivity contribution in [2.24, 2.45) is 11.7 Å². The van der Waals surface area contributed by atoms with Gasteiger partial charge in [0.05, 0.1) is 0 Å². The van der Waals surface area contributed by atoms with Crippen molar-refractivity contribution in [1.29, 1.82) is 0 Å². The Labute approximate surface area is 69.3 Å². The Balaban J connectivity index is 4.89. The van der Waals surface area contributed by atoms with Gasteiger partial charge in [-0.2, -0.15) is 22.0 Å². The van der Waals surface area contributed by atoms with Crippen molar-refractivity contribution in [3.05, 3.63) is 0 Å². The van der Waals surface area contributed by atoms with Crippen molar-refractivity contribution in [2.75, 3.05) is 6.54 Å². The minimum absolute atomic E-state index is 1.28. The molecule has 0 aliphatic carbocycles. The monoisotopic (exact) mass is 207 g/mol. The summed E-state index contributed by atoms with van der Waals surface area (Å²) < 4.78 is 59.2. The van der Waals surface area contributed by atoms with E-state index in [0.29, 0.717) is 0 Å². The summed E-state index contributed by atoms with van der Waals surface area (Å²) in [6.07, 6.45) is -5.89. The number of hydrogen-bond donors (Lipinski definition) is 2. The predicted octanol–water partition coefficient (Wildman–Crippen LogP) is 0.844. The van der Waals surface area contributed by atoms with Gasteiger partial charge in [-0.1, -0.05) is 0 Å². The lowest BCUT2D eigenvalue weighted by molar-refractivity contribution is -0.299. The van der Waals surface area contributed by atoms with Crippen LogP contribution in [0.4, 0.5) is 22.0 Å². The summed E-state index contributed by atoms with van der Waals surface area (Å²) >= 11 is 0. The zero-order valence-corrected chi connectivity index (χ0v) is 6.11. The van der Waals surface area contributed by atoms with Crippen LogP contribution in [-0.4, -0.2) is 29.7 Å². The highest BCUT2D eigenvalue weighted by Crippen LogP contribution is 2.40. The van der Waals surface area contributed by atoms with Gasteiger partial charge in [-0.15, -0.1) is 0 Å². The second-order valence-corrected chi connectivity index (χ2v) is 2.25. The lowest BCUT2D eigenvalue weighted by atomic mass is 10.0. The summed E-state index contributed by atoms with van der Waals surface area (Å²) in [5.41, 5.74) is 4.50. The normalized spacial score (nSPS) is 15.5. The topological polar surface area (TPSA) is 63.3 Å². The number of nitrogens with two attached hydrogens (primary N) is 1. The SMILES string of the molecule is NCC(C(=O)O)C(F)(F)C(F)(F)F.